The van der Waals surface area contributed by atoms with Gasteiger partial charge in [-0.05, 0) is 6.92 Å². The first-order valence-corrected chi connectivity index (χ1v) is 6.64. The number of fused-ring (bicyclic) bond motifs is 1. The van der Waals surface area contributed by atoms with Gasteiger partial charge in [0.1, 0.15) is 5.76 Å². The fourth-order valence-electron chi connectivity index (χ4n) is 2.66. The van der Waals surface area contributed by atoms with Crippen molar-refractivity contribution in [1.82, 2.24) is 4.90 Å². The van der Waals surface area contributed by atoms with Gasteiger partial charge in [0.15, 0.2) is 17.2 Å². The standard InChI is InChI=1S/C14H11F4NO4/c1-4-7(14(22)19-2-5(20)6(21)3-19)8-9(15)10(16)11(17)12(18)13(8)23-4/h5-6,20-21H,2-3H2,1H3/t5-,6-/m0/s1. The number of benzene rings is 1. The molecule has 1 aliphatic rings. The van der Waals surface area contributed by atoms with E-state index in [-0.39, 0.29) is 18.8 Å². The quantitative estimate of drug-likeness (QED) is 0.471. The summed E-state index contributed by atoms with van der Waals surface area (Å²) < 4.78 is 59.3. The van der Waals surface area contributed by atoms with Crippen LogP contribution < -0.4 is 0 Å². The Morgan fingerprint density at radius 2 is 1.57 bits per heavy atom. The van der Waals surface area contributed by atoms with Crippen molar-refractivity contribution in [2.45, 2.75) is 19.1 Å². The second-order valence-corrected chi connectivity index (χ2v) is 5.34. The van der Waals surface area contributed by atoms with Crippen LogP contribution in [-0.2, 0) is 0 Å². The van der Waals surface area contributed by atoms with Crippen LogP contribution in [0.1, 0.15) is 16.1 Å². The van der Waals surface area contributed by atoms with Gasteiger partial charge in [-0.1, -0.05) is 0 Å². The molecule has 0 radical (unpaired) electrons. The third-order valence-corrected chi connectivity index (χ3v) is 3.84. The maximum Gasteiger partial charge on any atom is 0.258 e. The molecule has 2 atom stereocenters. The van der Waals surface area contributed by atoms with Gasteiger partial charge < -0.3 is 19.5 Å². The minimum absolute atomic E-state index is 0.233. The number of carbonyl (C=O) groups is 1. The lowest BCUT2D eigenvalue weighted by molar-refractivity contribution is 0.0572. The summed E-state index contributed by atoms with van der Waals surface area (Å²) >= 11 is 0. The maximum absolute atomic E-state index is 14.0. The zero-order valence-electron chi connectivity index (χ0n) is 11.7. The van der Waals surface area contributed by atoms with E-state index in [9.17, 15) is 32.6 Å². The van der Waals surface area contributed by atoms with Crippen LogP contribution in [-0.4, -0.2) is 46.3 Å². The monoisotopic (exact) mass is 333 g/mol. The van der Waals surface area contributed by atoms with Gasteiger partial charge in [0.05, 0.1) is 23.2 Å². The number of likely N-dealkylation sites (tertiary alicyclic amines) is 1. The highest BCUT2D eigenvalue weighted by atomic mass is 19.2. The van der Waals surface area contributed by atoms with Crippen LogP contribution in [0.25, 0.3) is 11.0 Å². The number of β-amino-alcohol motifs (C(OH)–C–C–N with tert-alkyl or cyclic N) is 2. The van der Waals surface area contributed by atoms with Crippen LogP contribution in [0.4, 0.5) is 17.6 Å². The first-order valence-electron chi connectivity index (χ1n) is 6.64. The number of hydrogen-bond acceptors (Lipinski definition) is 4. The molecule has 0 bridgehead atoms. The number of aliphatic hydroxyl groups is 2. The molecule has 1 amide bonds. The predicted molar refractivity (Wildman–Crippen MR) is 68.7 cm³/mol. The van der Waals surface area contributed by atoms with Crippen molar-refractivity contribution >= 4 is 16.9 Å². The van der Waals surface area contributed by atoms with Gasteiger partial charge in [-0.25, -0.2) is 13.2 Å². The smallest absolute Gasteiger partial charge is 0.258 e. The fourth-order valence-corrected chi connectivity index (χ4v) is 2.66. The normalized spacial score (nSPS) is 21.4. The molecule has 1 aromatic heterocycles. The molecule has 1 saturated heterocycles. The third kappa shape index (κ3) is 2.19. The first kappa shape index (κ1) is 15.8. The molecule has 2 N–H and O–H groups in total. The van der Waals surface area contributed by atoms with Crippen molar-refractivity contribution in [3.05, 3.63) is 34.6 Å². The molecule has 3 rings (SSSR count). The highest BCUT2D eigenvalue weighted by Gasteiger charge is 2.37. The second kappa shape index (κ2) is 5.20. The maximum atomic E-state index is 14.0. The van der Waals surface area contributed by atoms with Gasteiger partial charge in [-0.2, -0.15) is 4.39 Å². The van der Waals surface area contributed by atoms with E-state index in [1.807, 2.05) is 0 Å². The van der Waals surface area contributed by atoms with Crippen molar-refractivity contribution < 1.29 is 37.0 Å². The van der Waals surface area contributed by atoms with Crippen LogP contribution >= 0.6 is 0 Å². The summed E-state index contributed by atoms with van der Waals surface area (Å²) in [7, 11) is 0. The molecule has 2 aromatic rings. The van der Waals surface area contributed by atoms with Crippen molar-refractivity contribution in [3.8, 4) is 0 Å². The number of rotatable bonds is 1. The van der Waals surface area contributed by atoms with Crippen molar-refractivity contribution in [1.29, 1.82) is 0 Å². The number of carbonyl (C=O) groups excluding carboxylic acids is 1. The summed E-state index contributed by atoms with van der Waals surface area (Å²) in [6.07, 6.45) is -2.37. The summed E-state index contributed by atoms with van der Waals surface area (Å²) in [6.45, 7) is 0.741. The Kier molecular flexibility index (Phi) is 3.56. The molecule has 1 aliphatic heterocycles. The molecule has 0 saturated carbocycles. The molecule has 5 nitrogen and oxygen atoms in total. The van der Waals surface area contributed by atoms with Gasteiger partial charge in [-0.3, -0.25) is 4.79 Å². The lowest BCUT2D eigenvalue weighted by Gasteiger charge is -2.15. The molecule has 0 aliphatic carbocycles. The first-order chi connectivity index (χ1) is 10.7. The van der Waals surface area contributed by atoms with Crippen molar-refractivity contribution in [2.75, 3.05) is 13.1 Å². The summed E-state index contributed by atoms with van der Waals surface area (Å²) in [4.78, 5) is 13.4. The number of aliphatic hydroxyl groups excluding tert-OH is 2. The molecule has 0 spiro atoms. The molecular formula is C14H11F4NO4. The summed E-state index contributed by atoms with van der Waals surface area (Å²) in [5.74, 6) is -8.67. The highest BCUT2D eigenvalue weighted by molar-refractivity contribution is 6.07. The van der Waals surface area contributed by atoms with Crippen molar-refractivity contribution in [3.63, 3.8) is 0 Å². The van der Waals surface area contributed by atoms with Crippen LogP contribution in [0.3, 0.4) is 0 Å². The lowest BCUT2D eigenvalue weighted by Crippen LogP contribution is -2.30. The lowest BCUT2D eigenvalue weighted by atomic mass is 10.1. The van der Waals surface area contributed by atoms with E-state index in [0.717, 1.165) is 4.90 Å². The largest absolute Gasteiger partial charge is 0.457 e. The molecule has 0 unspecified atom stereocenters. The van der Waals surface area contributed by atoms with E-state index in [0.29, 0.717) is 0 Å². The molecule has 23 heavy (non-hydrogen) atoms. The number of halogens is 4. The number of nitrogens with zero attached hydrogens (tertiary/aromatic N) is 1. The summed E-state index contributed by atoms with van der Waals surface area (Å²) in [5.41, 5.74) is -1.38. The number of furan rings is 1. The Balaban J connectivity index is 2.19. The van der Waals surface area contributed by atoms with Crippen LogP contribution in [0.5, 0.6) is 0 Å². The van der Waals surface area contributed by atoms with Gasteiger partial charge in [0, 0.05) is 13.1 Å². The topological polar surface area (TPSA) is 73.9 Å². The van der Waals surface area contributed by atoms with Crippen LogP contribution in [0, 0.1) is 30.2 Å². The van der Waals surface area contributed by atoms with E-state index < -0.39 is 57.9 Å². The zero-order valence-corrected chi connectivity index (χ0v) is 11.7. The Bertz CT molecular complexity index is 809. The molecule has 1 aromatic carbocycles. The van der Waals surface area contributed by atoms with Gasteiger partial charge in [0.25, 0.3) is 5.91 Å². The Labute approximate surface area is 126 Å². The van der Waals surface area contributed by atoms with E-state index in [1.54, 1.807) is 0 Å². The van der Waals surface area contributed by atoms with E-state index in [1.165, 1.54) is 6.92 Å². The Hall–Kier alpha value is -2.13. The average molecular weight is 333 g/mol. The van der Waals surface area contributed by atoms with Gasteiger partial charge >= 0.3 is 0 Å². The number of amides is 1. The molecule has 2 heterocycles. The van der Waals surface area contributed by atoms with Crippen LogP contribution in [0.2, 0.25) is 0 Å². The van der Waals surface area contributed by atoms with Gasteiger partial charge in [0.2, 0.25) is 11.6 Å². The van der Waals surface area contributed by atoms with E-state index in [2.05, 4.69) is 0 Å². The SMILES string of the molecule is Cc1oc2c(F)c(F)c(F)c(F)c2c1C(=O)N1C[C@H](O)[C@@H](O)C1. The van der Waals surface area contributed by atoms with E-state index >= 15 is 0 Å². The summed E-state index contributed by atoms with van der Waals surface area (Å²) in [5, 5.41) is 18.1. The minimum atomic E-state index is -2.05. The molecule has 1 fully saturated rings. The fraction of sp³-hybridized carbons (Fsp3) is 0.357. The summed E-state index contributed by atoms with van der Waals surface area (Å²) in [6, 6.07) is 0. The van der Waals surface area contributed by atoms with Crippen molar-refractivity contribution in [2.24, 2.45) is 0 Å². The van der Waals surface area contributed by atoms with Crippen LogP contribution in [0.15, 0.2) is 4.42 Å². The average Bonchev–Trinajstić information content (AvgIpc) is 3.03. The number of hydrogen-bond donors (Lipinski definition) is 2. The number of aryl methyl sites for hydroxylation is 1. The Morgan fingerprint density at radius 1 is 1.04 bits per heavy atom. The minimum Gasteiger partial charge on any atom is -0.457 e. The molecule has 124 valence electrons. The van der Waals surface area contributed by atoms with E-state index in [4.69, 9.17) is 4.42 Å². The highest BCUT2D eigenvalue weighted by Crippen LogP contribution is 2.34. The molecular weight excluding hydrogens is 322 g/mol. The zero-order chi connectivity index (χ0) is 17.0. The molecule has 9 heteroatoms. The Morgan fingerprint density at radius 3 is 2.13 bits per heavy atom. The second-order valence-electron chi connectivity index (χ2n) is 5.34. The van der Waals surface area contributed by atoms with Gasteiger partial charge in [-0.15, -0.1) is 0 Å². The third-order valence-electron chi connectivity index (χ3n) is 3.84. The predicted octanol–water partition coefficient (Wildman–Crippen LogP) is 1.48.